The second kappa shape index (κ2) is 11.9. The van der Waals surface area contributed by atoms with E-state index >= 15 is 0 Å². The van der Waals surface area contributed by atoms with Crippen molar-refractivity contribution >= 4 is 38.4 Å². The first-order valence-electron chi connectivity index (χ1n) is 13.4. The molecule has 0 bridgehead atoms. The number of nitrogens with zero attached hydrogens (tertiary/aromatic N) is 3. The molecule has 1 aromatic heterocycles. The van der Waals surface area contributed by atoms with Crippen LogP contribution in [0.15, 0.2) is 60.8 Å². The van der Waals surface area contributed by atoms with E-state index in [9.17, 15) is 22.4 Å². The monoisotopic (exact) mass is 606 g/mol. The second-order valence-electron chi connectivity index (χ2n) is 10.3. The van der Waals surface area contributed by atoms with Crippen molar-refractivity contribution in [2.75, 3.05) is 38.3 Å². The van der Waals surface area contributed by atoms with Crippen LogP contribution in [0.3, 0.4) is 0 Å². The van der Waals surface area contributed by atoms with Crippen molar-refractivity contribution in [3.8, 4) is 11.5 Å². The number of pyridine rings is 1. The minimum atomic E-state index is -3.78. The predicted octanol–water partition coefficient (Wildman–Crippen LogP) is 3.65. The van der Waals surface area contributed by atoms with Crippen molar-refractivity contribution in [2.24, 2.45) is 0 Å². The number of carbonyl (C=O) groups is 2. The molecule has 0 fully saturated rings. The number of methoxy groups -OCH3 is 1. The maximum absolute atomic E-state index is 13.8. The molecule has 4 aromatic rings. The van der Waals surface area contributed by atoms with Gasteiger partial charge in [-0.05, 0) is 53.4 Å². The Kier molecular flexibility index (Phi) is 8.23. The molecule has 0 aliphatic carbocycles. The summed E-state index contributed by atoms with van der Waals surface area (Å²) in [5.74, 6) is -0.310. The zero-order valence-corrected chi connectivity index (χ0v) is 25.0. The quantitative estimate of drug-likeness (QED) is 0.293. The number of hydrogen-bond acceptors (Lipinski definition) is 7. The van der Waals surface area contributed by atoms with E-state index in [2.05, 4.69) is 10.3 Å². The van der Waals surface area contributed by atoms with Gasteiger partial charge in [-0.15, -0.1) is 0 Å². The fourth-order valence-electron chi connectivity index (χ4n) is 5.06. The number of carbonyl (C=O) groups excluding carboxylic acids is 2. The van der Waals surface area contributed by atoms with Gasteiger partial charge in [0.15, 0.2) is 5.75 Å². The van der Waals surface area contributed by atoms with Gasteiger partial charge in [-0.2, -0.15) is 0 Å². The van der Waals surface area contributed by atoms with Crippen LogP contribution in [0.5, 0.6) is 11.5 Å². The molecular weight excluding hydrogens is 575 g/mol. The van der Waals surface area contributed by atoms with Gasteiger partial charge in [0.05, 0.1) is 24.6 Å². The van der Waals surface area contributed by atoms with Crippen LogP contribution < -0.4 is 19.1 Å². The van der Waals surface area contributed by atoms with E-state index in [1.807, 2.05) is 18.2 Å². The van der Waals surface area contributed by atoms with Crippen molar-refractivity contribution in [3.05, 3.63) is 94.4 Å². The van der Waals surface area contributed by atoms with E-state index < -0.39 is 15.9 Å². The molecule has 43 heavy (non-hydrogen) atoms. The molecule has 0 unspecified atom stereocenters. The summed E-state index contributed by atoms with van der Waals surface area (Å²) < 4.78 is 51.9. The molecule has 3 aromatic carbocycles. The van der Waals surface area contributed by atoms with Gasteiger partial charge in [-0.1, -0.05) is 24.3 Å². The SMILES string of the molecule is CNC(=O)CN1Cc2c(c(OCc3ccc(OC)cc3)c3ncc(Cc4ccc(F)cc4)cc3c2N(C)S(C)(=O)=O)C1=O. The Hall–Kier alpha value is -4.71. The van der Waals surface area contributed by atoms with Gasteiger partial charge in [0.1, 0.15) is 30.2 Å². The first-order chi connectivity index (χ1) is 20.5. The number of likely N-dealkylation sites (N-methyl/N-ethyl adjacent to an activating group) is 1. The number of hydrogen-bond donors (Lipinski definition) is 1. The molecule has 1 N–H and O–H groups in total. The third-order valence-electron chi connectivity index (χ3n) is 7.37. The second-order valence-corrected chi connectivity index (χ2v) is 12.3. The first-order valence-corrected chi connectivity index (χ1v) is 15.3. The number of aromatic nitrogens is 1. The Morgan fingerprint density at radius 1 is 1.09 bits per heavy atom. The molecule has 2 heterocycles. The maximum atomic E-state index is 13.8. The van der Waals surface area contributed by atoms with Crippen LogP contribution >= 0.6 is 0 Å². The molecular formula is C31H31FN4O6S. The average Bonchev–Trinajstić information content (AvgIpc) is 3.30. The molecule has 0 saturated carbocycles. The maximum Gasteiger partial charge on any atom is 0.258 e. The summed E-state index contributed by atoms with van der Waals surface area (Å²) in [7, 11) is 0.684. The minimum absolute atomic E-state index is 0.00615. The normalized spacial score (nSPS) is 12.8. The van der Waals surface area contributed by atoms with Crippen LogP contribution in [0.25, 0.3) is 10.9 Å². The van der Waals surface area contributed by atoms with Crippen molar-refractivity contribution in [1.29, 1.82) is 0 Å². The molecule has 10 nitrogen and oxygen atoms in total. The van der Waals surface area contributed by atoms with Gasteiger partial charge in [-0.3, -0.25) is 18.9 Å². The topological polar surface area (TPSA) is 118 Å². The van der Waals surface area contributed by atoms with E-state index in [0.717, 1.165) is 27.3 Å². The molecule has 0 saturated heterocycles. The lowest BCUT2D eigenvalue weighted by molar-refractivity contribution is -0.121. The van der Waals surface area contributed by atoms with Gasteiger partial charge >= 0.3 is 0 Å². The molecule has 12 heteroatoms. The number of nitrogens with one attached hydrogen (secondary N) is 1. The smallest absolute Gasteiger partial charge is 0.258 e. The third kappa shape index (κ3) is 6.09. The summed E-state index contributed by atoms with van der Waals surface area (Å²) in [6, 6.07) is 15.2. The summed E-state index contributed by atoms with van der Waals surface area (Å²) >= 11 is 0. The third-order valence-corrected chi connectivity index (χ3v) is 8.55. The molecule has 0 radical (unpaired) electrons. The van der Waals surface area contributed by atoms with Crippen molar-refractivity contribution < 1.29 is 31.9 Å². The number of ether oxygens (including phenoxy) is 2. The fraction of sp³-hybridized carbons (Fsp3) is 0.258. The molecule has 0 atom stereocenters. The zero-order chi connectivity index (χ0) is 30.9. The first kappa shape index (κ1) is 29.8. The van der Waals surface area contributed by atoms with Crippen LogP contribution in [0.1, 0.15) is 32.6 Å². The lowest BCUT2D eigenvalue weighted by Crippen LogP contribution is -2.35. The van der Waals surface area contributed by atoms with Crippen LogP contribution in [-0.2, 0) is 34.4 Å². The summed E-state index contributed by atoms with van der Waals surface area (Å²) in [5.41, 5.74) is 3.55. The Morgan fingerprint density at radius 2 is 1.77 bits per heavy atom. The van der Waals surface area contributed by atoms with E-state index in [1.165, 1.54) is 31.1 Å². The van der Waals surface area contributed by atoms with Crippen LogP contribution in [-0.4, -0.2) is 64.1 Å². The van der Waals surface area contributed by atoms with Crippen molar-refractivity contribution in [1.82, 2.24) is 15.2 Å². The number of anilines is 1. The number of rotatable bonds is 10. The molecule has 5 rings (SSSR count). The molecule has 0 spiro atoms. The molecule has 1 aliphatic heterocycles. The van der Waals surface area contributed by atoms with Crippen LogP contribution in [0.2, 0.25) is 0 Å². The number of sulfonamides is 1. The van der Waals surface area contributed by atoms with E-state index in [0.29, 0.717) is 28.6 Å². The summed E-state index contributed by atoms with van der Waals surface area (Å²) in [6.07, 6.45) is 3.12. The summed E-state index contributed by atoms with van der Waals surface area (Å²) in [4.78, 5) is 32.1. The van der Waals surface area contributed by atoms with Gasteiger partial charge in [0.2, 0.25) is 15.9 Å². The Labute approximate surface area is 249 Å². The Bertz CT molecular complexity index is 1810. The minimum Gasteiger partial charge on any atom is -0.497 e. The standard InChI is InChI=1S/C31H31FN4O6S/c1-33-26(37)17-36-16-25-27(31(36)38)30(42-18-20-7-11-23(41-3)12-8-20)28-24(29(25)35(2)43(4,39)40)14-21(15-34-28)13-19-5-9-22(32)10-6-19/h5-12,14-15H,13,16-18H2,1-4H3,(H,33,37). The molecule has 1 aliphatic rings. The van der Waals surface area contributed by atoms with Gasteiger partial charge in [-0.25, -0.2) is 12.8 Å². The fourth-order valence-corrected chi connectivity index (χ4v) is 5.61. The van der Waals surface area contributed by atoms with Crippen molar-refractivity contribution in [2.45, 2.75) is 19.6 Å². The van der Waals surface area contributed by atoms with E-state index in [1.54, 1.807) is 37.6 Å². The highest BCUT2D eigenvalue weighted by Crippen LogP contribution is 2.45. The predicted molar refractivity (Wildman–Crippen MR) is 160 cm³/mol. The van der Waals surface area contributed by atoms with Gasteiger partial charge < -0.3 is 19.7 Å². The highest BCUT2D eigenvalue weighted by atomic mass is 32.2. The largest absolute Gasteiger partial charge is 0.497 e. The molecule has 2 amide bonds. The number of halogens is 1. The highest BCUT2D eigenvalue weighted by molar-refractivity contribution is 7.92. The zero-order valence-electron chi connectivity index (χ0n) is 24.2. The number of fused-ring (bicyclic) bond motifs is 2. The van der Waals surface area contributed by atoms with Crippen molar-refractivity contribution in [3.63, 3.8) is 0 Å². The Balaban J connectivity index is 1.70. The van der Waals surface area contributed by atoms with E-state index in [-0.39, 0.29) is 48.4 Å². The van der Waals surface area contributed by atoms with Crippen LogP contribution in [0.4, 0.5) is 10.1 Å². The van der Waals surface area contributed by atoms with E-state index in [4.69, 9.17) is 9.47 Å². The lowest BCUT2D eigenvalue weighted by Gasteiger charge is -2.24. The Morgan fingerprint density at radius 3 is 2.40 bits per heavy atom. The summed E-state index contributed by atoms with van der Waals surface area (Å²) in [5, 5.41) is 2.99. The highest BCUT2D eigenvalue weighted by Gasteiger charge is 2.38. The lowest BCUT2D eigenvalue weighted by atomic mass is 9.98. The van der Waals surface area contributed by atoms with Gasteiger partial charge in [0.25, 0.3) is 5.91 Å². The van der Waals surface area contributed by atoms with Crippen LogP contribution in [0, 0.1) is 5.82 Å². The number of amides is 2. The number of benzene rings is 3. The summed E-state index contributed by atoms with van der Waals surface area (Å²) in [6.45, 7) is -0.133. The van der Waals surface area contributed by atoms with Gasteiger partial charge in [0, 0.05) is 37.8 Å². The average molecular weight is 607 g/mol. The molecule has 224 valence electrons.